The van der Waals surface area contributed by atoms with Gasteiger partial charge in [-0.05, 0) is 36.0 Å². The summed E-state index contributed by atoms with van der Waals surface area (Å²) >= 11 is 3.47. The number of hydrogen-bond donors (Lipinski definition) is 1. The molecule has 1 aromatic carbocycles. The van der Waals surface area contributed by atoms with E-state index in [0.29, 0.717) is 11.8 Å². The summed E-state index contributed by atoms with van der Waals surface area (Å²) in [5, 5.41) is 2.87. The zero-order valence-electron chi connectivity index (χ0n) is 8.66. The quantitative estimate of drug-likeness (QED) is 0.897. The molecule has 15 heavy (non-hydrogen) atoms. The molecule has 0 heterocycles. The minimum atomic E-state index is 0.0647. The van der Waals surface area contributed by atoms with Gasteiger partial charge >= 0.3 is 0 Å². The third kappa shape index (κ3) is 2.81. The summed E-state index contributed by atoms with van der Waals surface area (Å²) in [6.45, 7) is 2.38. The second-order valence-electron chi connectivity index (χ2n) is 4.09. The number of amides is 1. The van der Waals surface area contributed by atoms with Crippen LogP contribution in [0.1, 0.15) is 24.8 Å². The molecule has 80 valence electrons. The molecule has 0 radical (unpaired) electrons. The van der Waals surface area contributed by atoms with Crippen LogP contribution in [-0.2, 0) is 4.79 Å². The Morgan fingerprint density at radius 2 is 2.40 bits per heavy atom. The van der Waals surface area contributed by atoms with Crippen LogP contribution in [0.4, 0.5) is 0 Å². The molecule has 3 heteroatoms. The van der Waals surface area contributed by atoms with Crippen molar-refractivity contribution in [2.45, 2.75) is 19.3 Å². The first-order chi connectivity index (χ1) is 7.16. The number of nitrogens with one attached hydrogen (secondary N) is 1. The molecular weight excluding hydrogens is 254 g/mol. The number of rotatable bonds is 3. The topological polar surface area (TPSA) is 29.1 Å². The first-order valence-electron chi connectivity index (χ1n) is 5.16. The lowest BCUT2D eigenvalue weighted by molar-refractivity contribution is -0.119. The van der Waals surface area contributed by atoms with Crippen molar-refractivity contribution in [3.05, 3.63) is 34.3 Å². The van der Waals surface area contributed by atoms with Crippen molar-refractivity contribution < 1.29 is 4.79 Å². The molecule has 2 atom stereocenters. The highest BCUT2D eigenvalue weighted by Gasteiger charge is 2.37. The summed E-state index contributed by atoms with van der Waals surface area (Å²) < 4.78 is 1.13. The van der Waals surface area contributed by atoms with Gasteiger partial charge in [-0.3, -0.25) is 4.79 Å². The van der Waals surface area contributed by atoms with Crippen molar-refractivity contribution in [3.63, 3.8) is 0 Å². The second-order valence-corrected chi connectivity index (χ2v) is 5.01. The van der Waals surface area contributed by atoms with E-state index in [-0.39, 0.29) is 5.91 Å². The lowest BCUT2D eigenvalue weighted by atomic mass is 10.1. The predicted octanol–water partition coefficient (Wildman–Crippen LogP) is 2.69. The first kappa shape index (κ1) is 10.7. The van der Waals surface area contributed by atoms with Crippen molar-refractivity contribution in [1.82, 2.24) is 5.32 Å². The number of benzene rings is 1. The van der Waals surface area contributed by atoms with Crippen molar-refractivity contribution in [2.75, 3.05) is 6.54 Å². The summed E-state index contributed by atoms with van der Waals surface area (Å²) in [4.78, 5) is 10.8. The molecule has 0 aromatic heterocycles. The average Bonchev–Trinajstić information content (AvgIpc) is 2.94. The highest BCUT2D eigenvalue weighted by atomic mass is 79.9. The Morgan fingerprint density at radius 3 is 3.07 bits per heavy atom. The summed E-state index contributed by atoms with van der Waals surface area (Å²) in [5.74, 6) is 1.33. The summed E-state index contributed by atoms with van der Waals surface area (Å²) in [5.41, 5.74) is 1.37. The Balaban J connectivity index is 1.90. The molecule has 2 nitrogen and oxygen atoms in total. The molecule has 0 aliphatic heterocycles. The molecule has 1 N–H and O–H groups in total. The predicted molar refractivity (Wildman–Crippen MR) is 63.7 cm³/mol. The van der Waals surface area contributed by atoms with Gasteiger partial charge in [-0.2, -0.15) is 0 Å². The van der Waals surface area contributed by atoms with Gasteiger partial charge in [-0.25, -0.2) is 0 Å². The minimum absolute atomic E-state index is 0.0647. The fourth-order valence-electron chi connectivity index (χ4n) is 1.89. The average molecular weight is 268 g/mol. The summed E-state index contributed by atoms with van der Waals surface area (Å²) in [7, 11) is 0. The van der Waals surface area contributed by atoms with Gasteiger partial charge in [0.05, 0.1) is 0 Å². The van der Waals surface area contributed by atoms with Gasteiger partial charge in [-0.1, -0.05) is 28.1 Å². The fraction of sp³-hybridized carbons (Fsp3) is 0.417. The van der Waals surface area contributed by atoms with Crippen LogP contribution >= 0.6 is 15.9 Å². The monoisotopic (exact) mass is 267 g/mol. The molecule has 1 aliphatic carbocycles. The van der Waals surface area contributed by atoms with Crippen LogP contribution < -0.4 is 5.32 Å². The molecule has 0 saturated heterocycles. The van der Waals surface area contributed by atoms with Crippen LogP contribution in [0.15, 0.2) is 28.7 Å². The van der Waals surface area contributed by atoms with Crippen LogP contribution in [0.25, 0.3) is 0 Å². The molecule has 0 bridgehead atoms. The molecule has 0 spiro atoms. The standard InChI is InChI=1S/C12H14BrNO/c1-8(15)14-7-10-6-12(10)9-3-2-4-11(13)5-9/h2-5,10,12H,6-7H2,1H3,(H,14,15). The maximum atomic E-state index is 10.8. The van der Waals surface area contributed by atoms with Gasteiger partial charge in [0, 0.05) is 17.9 Å². The van der Waals surface area contributed by atoms with Gasteiger partial charge in [-0.15, -0.1) is 0 Å². The smallest absolute Gasteiger partial charge is 0.216 e. The molecule has 1 aliphatic rings. The van der Waals surface area contributed by atoms with Crippen LogP contribution in [-0.4, -0.2) is 12.5 Å². The van der Waals surface area contributed by atoms with Crippen molar-refractivity contribution in [2.24, 2.45) is 5.92 Å². The molecule has 2 unspecified atom stereocenters. The van der Waals surface area contributed by atoms with Crippen molar-refractivity contribution in [1.29, 1.82) is 0 Å². The third-order valence-corrected chi connectivity index (χ3v) is 3.31. The molecule has 1 aromatic rings. The van der Waals surface area contributed by atoms with E-state index in [1.165, 1.54) is 12.0 Å². The second kappa shape index (κ2) is 4.35. The Morgan fingerprint density at radius 1 is 1.60 bits per heavy atom. The number of carbonyl (C=O) groups excluding carboxylic acids is 1. The van der Waals surface area contributed by atoms with E-state index < -0.39 is 0 Å². The maximum Gasteiger partial charge on any atom is 0.216 e. The van der Waals surface area contributed by atoms with Gasteiger partial charge in [0.25, 0.3) is 0 Å². The van der Waals surface area contributed by atoms with E-state index >= 15 is 0 Å². The van der Waals surface area contributed by atoms with Gasteiger partial charge in [0.1, 0.15) is 0 Å². The molecule has 2 rings (SSSR count). The highest BCUT2D eigenvalue weighted by molar-refractivity contribution is 9.10. The summed E-state index contributed by atoms with van der Waals surface area (Å²) in [6, 6.07) is 8.42. The van der Waals surface area contributed by atoms with Gasteiger partial charge in [0.15, 0.2) is 0 Å². The molecule has 1 saturated carbocycles. The van der Waals surface area contributed by atoms with Crippen molar-refractivity contribution in [3.8, 4) is 0 Å². The van der Waals surface area contributed by atoms with Crippen LogP contribution in [0, 0.1) is 5.92 Å². The van der Waals surface area contributed by atoms with Crippen molar-refractivity contribution >= 4 is 21.8 Å². The largest absolute Gasteiger partial charge is 0.356 e. The molecule has 1 fully saturated rings. The summed E-state index contributed by atoms with van der Waals surface area (Å²) in [6.07, 6.45) is 1.19. The Labute approximate surface area is 98.2 Å². The van der Waals surface area contributed by atoms with Crippen LogP contribution in [0.3, 0.4) is 0 Å². The van der Waals surface area contributed by atoms with E-state index in [4.69, 9.17) is 0 Å². The van der Waals surface area contributed by atoms with Crippen LogP contribution in [0.2, 0.25) is 0 Å². The number of halogens is 1. The van der Waals surface area contributed by atoms with Crippen LogP contribution in [0.5, 0.6) is 0 Å². The fourth-order valence-corrected chi connectivity index (χ4v) is 2.31. The Hall–Kier alpha value is -0.830. The minimum Gasteiger partial charge on any atom is -0.356 e. The third-order valence-electron chi connectivity index (χ3n) is 2.81. The van der Waals surface area contributed by atoms with E-state index in [9.17, 15) is 4.79 Å². The highest BCUT2D eigenvalue weighted by Crippen LogP contribution is 2.47. The maximum absolute atomic E-state index is 10.8. The lowest BCUT2D eigenvalue weighted by Gasteiger charge is -2.02. The number of hydrogen-bond acceptors (Lipinski definition) is 1. The van der Waals surface area contributed by atoms with E-state index in [2.05, 4.69) is 39.4 Å². The van der Waals surface area contributed by atoms with E-state index in [1.54, 1.807) is 6.92 Å². The van der Waals surface area contributed by atoms with Gasteiger partial charge in [0.2, 0.25) is 5.91 Å². The first-order valence-corrected chi connectivity index (χ1v) is 5.96. The van der Waals surface area contributed by atoms with E-state index in [1.807, 2.05) is 6.07 Å². The molecular formula is C12H14BrNO. The zero-order valence-corrected chi connectivity index (χ0v) is 10.3. The Bertz CT molecular complexity index is 378. The zero-order chi connectivity index (χ0) is 10.8. The van der Waals surface area contributed by atoms with E-state index in [0.717, 1.165) is 11.0 Å². The SMILES string of the molecule is CC(=O)NCC1CC1c1cccc(Br)c1. The van der Waals surface area contributed by atoms with Gasteiger partial charge < -0.3 is 5.32 Å². The lowest BCUT2D eigenvalue weighted by Crippen LogP contribution is -2.22. The normalized spacial score (nSPS) is 23.6. The Kier molecular flexibility index (Phi) is 3.10. The molecule has 1 amide bonds. The number of carbonyl (C=O) groups is 1.